The smallest absolute Gasteiger partial charge is 0.410 e. The third-order valence-corrected chi connectivity index (χ3v) is 3.80. The van der Waals surface area contributed by atoms with E-state index in [1.165, 1.54) is 0 Å². The van der Waals surface area contributed by atoms with Gasteiger partial charge in [-0.2, -0.15) is 0 Å². The minimum Gasteiger partial charge on any atom is -0.462 e. The lowest BCUT2D eigenvalue weighted by atomic mass is 9.80. The Kier molecular flexibility index (Phi) is 4.00. The largest absolute Gasteiger partial charge is 0.462 e. The van der Waals surface area contributed by atoms with Crippen LogP contribution in [-0.4, -0.2) is 48.3 Å². The molecule has 2 rings (SSSR count). The van der Waals surface area contributed by atoms with Gasteiger partial charge in [-0.1, -0.05) is 5.11 Å². The van der Waals surface area contributed by atoms with Crippen LogP contribution in [0, 0.1) is 5.41 Å². The summed E-state index contributed by atoms with van der Waals surface area (Å²) in [5, 5.41) is 3.51. The van der Waals surface area contributed by atoms with E-state index in [1.807, 2.05) is 20.8 Å². The molecular formula is C13H20N4O4. The molecule has 8 heteroatoms. The first-order valence-electron chi connectivity index (χ1n) is 6.94. The lowest BCUT2D eigenvalue weighted by molar-refractivity contribution is -0.141. The van der Waals surface area contributed by atoms with Gasteiger partial charge in [-0.05, 0) is 32.7 Å². The van der Waals surface area contributed by atoms with Crippen LogP contribution in [0.4, 0.5) is 4.79 Å². The predicted octanol–water partition coefficient (Wildman–Crippen LogP) is 2.24. The number of likely N-dealkylation sites (tertiary alicyclic amines) is 1. The van der Waals surface area contributed by atoms with E-state index in [0.717, 1.165) is 0 Å². The van der Waals surface area contributed by atoms with Gasteiger partial charge < -0.3 is 14.4 Å². The molecule has 1 amide bonds. The molecular weight excluding hydrogens is 276 g/mol. The summed E-state index contributed by atoms with van der Waals surface area (Å²) in [5.74, 6) is -0.306. The van der Waals surface area contributed by atoms with Gasteiger partial charge >= 0.3 is 12.1 Å². The van der Waals surface area contributed by atoms with E-state index < -0.39 is 17.1 Å². The molecule has 0 N–H and O–H groups in total. The monoisotopic (exact) mass is 296 g/mol. The first kappa shape index (κ1) is 15.4. The van der Waals surface area contributed by atoms with Crippen molar-refractivity contribution in [1.29, 1.82) is 0 Å². The second-order valence-corrected chi connectivity index (χ2v) is 6.58. The van der Waals surface area contributed by atoms with Crippen LogP contribution in [0.15, 0.2) is 5.11 Å². The van der Waals surface area contributed by atoms with E-state index >= 15 is 0 Å². The van der Waals surface area contributed by atoms with Crippen molar-refractivity contribution in [2.45, 2.75) is 45.3 Å². The van der Waals surface area contributed by atoms with E-state index in [-0.39, 0.29) is 25.0 Å². The van der Waals surface area contributed by atoms with Gasteiger partial charge in [-0.25, -0.2) is 4.79 Å². The Hall–Kier alpha value is -1.95. The Morgan fingerprint density at radius 3 is 2.95 bits per heavy atom. The second-order valence-electron chi connectivity index (χ2n) is 6.58. The number of esters is 1. The maximum absolute atomic E-state index is 12.1. The molecule has 0 aliphatic carbocycles. The second kappa shape index (κ2) is 5.44. The number of amides is 1. The molecule has 0 radical (unpaired) electrons. The molecule has 2 heterocycles. The van der Waals surface area contributed by atoms with Gasteiger partial charge in [0.05, 0.1) is 13.0 Å². The van der Waals surface area contributed by atoms with Gasteiger partial charge in [0.15, 0.2) is 0 Å². The minimum absolute atomic E-state index is 0.102. The van der Waals surface area contributed by atoms with Crippen molar-refractivity contribution in [3.63, 3.8) is 0 Å². The Labute approximate surface area is 123 Å². The number of cyclic esters (lactones) is 1. The molecule has 21 heavy (non-hydrogen) atoms. The predicted molar refractivity (Wildman–Crippen MR) is 73.4 cm³/mol. The Morgan fingerprint density at radius 1 is 1.62 bits per heavy atom. The van der Waals surface area contributed by atoms with Gasteiger partial charge in [-0.15, -0.1) is 0 Å². The molecule has 2 unspecified atom stereocenters. The molecule has 2 fully saturated rings. The molecule has 0 aromatic heterocycles. The average molecular weight is 296 g/mol. The topological polar surface area (TPSA) is 105 Å². The van der Waals surface area contributed by atoms with Crippen molar-refractivity contribution in [2.75, 3.05) is 19.6 Å². The Bertz CT molecular complexity index is 495. The normalized spacial score (nSPS) is 28.4. The zero-order valence-electron chi connectivity index (χ0n) is 12.5. The van der Waals surface area contributed by atoms with Crippen molar-refractivity contribution in [2.24, 2.45) is 10.5 Å². The van der Waals surface area contributed by atoms with Gasteiger partial charge in [0, 0.05) is 23.4 Å². The fourth-order valence-electron chi connectivity index (χ4n) is 2.85. The van der Waals surface area contributed by atoms with E-state index in [0.29, 0.717) is 19.5 Å². The molecule has 2 aliphatic rings. The SMILES string of the molecule is CC(C)(C)OC(=O)N1CCC2(CC(=O)OC2CN=[N+]=[N-])C1. The van der Waals surface area contributed by atoms with E-state index in [4.69, 9.17) is 15.0 Å². The van der Waals surface area contributed by atoms with Crippen LogP contribution < -0.4 is 0 Å². The number of carbonyl (C=O) groups excluding carboxylic acids is 2. The maximum Gasteiger partial charge on any atom is 0.410 e. The molecule has 2 atom stereocenters. The molecule has 0 bridgehead atoms. The van der Waals surface area contributed by atoms with Crippen LogP contribution in [-0.2, 0) is 14.3 Å². The summed E-state index contributed by atoms with van der Waals surface area (Å²) in [5.41, 5.74) is 7.41. The minimum atomic E-state index is -0.556. The van der Waals surface area contributed by atoms with Crippen LogP contribution in [0.5, 0.6) is 0 Å². The fourth-order valence-corrected chi connectivity index (χ4v) is 2.85. The summed E-state index contributed by atoms with van der Waals surface area (Å²) in [6, 6.07) is 0. The molecule has 2 aliphatic heterocycles. The zero-order valence-corrected chi connectivity index (χ0v) is 12.5. The van der Waals surface area contributed by atoms with Crippen molar-refractivity contribution in [3.05, 3.63) is 10.4 Å². The van der Waals surface area contributed by atoms with Crippen LogP contribution in [0.1, 0.15) is 33.6 Å². The fraction of sp³-hybridized carbons (Fsp3) is 0.846. The number of ether oxygens (including phenoxy) is 2. The first-order valence-corrected chi connectivity index (χ1v) is 6.94. The van der Waals surface area contributed by atoms with Gasteiger partial charge in [0.25, 0.3) is 0 Å². The highest BCUT2D eigenvalue weighted by atomic mass is 16.6. The molecule has 8 nitrogen and oxygen atoms in total. The summed E-state index contributed by atoms with van der Waals surface area (Å²) in [6.07, 6.45) is 0.0382. The van der Waals surface area contributed by atoms with Gasteiger partial charge in [-0.3, -0.25) is 4.79 Å². The summed E-state index contributed by atoms with van der Waals surface area (Å²) in [4.78, 5) is 28.0. The molecule has 116 valence electrons. The molecule has 2 saturated heterocycles. The third-order valence-electron chi connectivity index (χ3n) is 3.80. The summed E-state index contributed by atoms with van der Waals surface area (Å²) >= 11 is 0. The maximum atomic E-state index is 12.1. The van der Waals surface area contributed by atoms with Crippen molar-refractivity contribution in [1.82, 2.24) is 4.90 Å². The van der Waals surface area contributed by atoms with Crippen molar-refractivity contribution < 1.29 is 19.1 Å². The van der Waals surface area contributed by atoms with Gasteiger partial charge in [0.2, 0.25) is 0 Å². The Balaban J connectivity index is 2.06. The number of hydrogen-bond acceptors (Lipinski definition) is 5. The molecule has 0 aromatic rings. The lowest BCUT2D eigenvalue weighted by Crippen LogP contribution is -2.40. The first-order chi connectivity index (χ1) is 9.76. The molecule has 0 saturated carbocycles. The van der Waals surface area contributed by atoms with Crippen LogP contribution in [0.2, 0.25) is 0 Å². The number of rotatable bonds is 2. The lowest BCUT2D eigenvalue weighted by Gasteiger charge is -2.28. The molecule has 0 aromatic carbocycles. The summed E-state index contributed by atoms with van der Waals surface area (Å²) in [6.45, 7) is 6.43. The van der Waals surface area contributed by atoms with E-state index in [9.17, 15) is 9.59 Å². The third kappa shape index (κ3) is 3.39. The summed E-state index contributed by atoms with van der Waals surface area (Å²) in [7, 11) is 0. The van der Waals surface area contributed by atoms with Crippen LogP contribution in [0.25, 0.3) is 10.4 Å². The van der Waals surface area contributed by atoms with Crippen LogP contribution in [0.3, 0.4) is 0 Å². The van der Waals surface area contributed by atoms with Gasteiger partial charge in [0.1, 0.15) is 11.7 Å². The standard InChI is InChI=1S/C13H20N4O4/c1-12(2,3)21-11(19)17-5-4-13(8-17)6-10(18)20-9(13)7-15-16-14/h9H,4-8H2,1-3H3. The number of nitrogens with zero attached hydrogens (tertiary/aromatic N) is 4. The highest BCUT2D eigenvalue weighted by Gasteiger charge is 2.53. The number of azide groups is 1. The molecule has 1 spiro atoms. The van der Waals surface area contributed by atoms with E-state index in [1.54, 1.807) is 4.90 Å². The quantitative estimate of drug-likeness (QED) is 0.337. The van der Waals surface area contributed by atoms with Crippen molar-refractivity contribution in [3.8, 4) is 0 Å². The highest BCUT2D eigenvalue weighted by Crippen LogP contribution is 2.44. The van der Waals surface area contributed by atoms with E-state index in [2.05, 4.69) is 10.0 Å². The average Bonchev–Trinajstić information content (AvgIpc) is 2.90. The highest BCUT2D eigenvalue weighted by molar-refractivity contribution is 5.74. The van der Waals surface area contributed by atoms with Crippen molar-refractivity contribution >= 4 is 12.1 Å². The summed E-state index contributed by atoms with van der Waals surface area (Å²) < 4.78 is 10.6. The zero-order chi connectivity index (χ0) is 15.7. The number of carbonyl (C=O) groups is 2. The number of hydrogen-bond donors (Lipinski definition) is 0. The van der Waals surface area contributed by atoms with Crippen LogP contribution >= 0.6 is 0 Å². The Morgan fingerprint density at radius 2 is 2.33 bits per heavy atom.